The minimum Gasteiger partial charge on any atom is -0.357 e. The Morgan fingerprint density at radius 1 is 1.07 bits per heavy atom. The van der Waals surface area contributed by atoms with Gasteiger partial charge in [0, 0.05) is 67.6 Å². The van der Waals surface area contributed by atoms with Crippen LogP contribution in [0.3, 0.4) is 0 Å². The highest BCUT2D eigenvalue weighted by Gasteiger charge is 2.26. The Morgan fingerprint density at radius 3 is 2.72 bits per heavy atom. The standard InChI is InChI=1S/C23H25N5S/c1-17-20-16-29-23(13-18-6-7-22(25-14-18)27-10-2-3-11-27)26-21(20)8-12-28(17)19-5-4-9-24-15-19/h4-7,9,14-15H,1-3,8,10-13,16H2. The van der Waals surface area contributed by atoms with Gasteiger partial charge in [-0.3, -0.25) is 9.98 Å². The molecule has 2 aromatic heterocycles. The summed E-state index contributed by atoms with van der Waals surface area (Å²) in [6.07, 6.45) is 10.1. The van der Waals surface area contributed by atoms with Crippen LogP contribution in [0.25, 0.3) is 0 Å². The first-order valence-electron chi connectivity index (χ1n) is 10.3. The van der Waals surface area contributed by atoms with Gasteiger partial charge in [0.25, 0.3) is 0 Å². The molecule has 0 bridgehead atoms. The molecule has 1 saturated heterocycles. The highest BCUT2D eigenvalue weighted by atomic mass is 32.2. The van der Waals surface area contributed by atoms with Crippen molar-refractivity contribution in [2.75, 3.05) is 35.2 Å². The normalized spacial score (nSPS) is 19.4. The number of hydrogen-bond acceptors (Lipinski definition) is 6. The van der Waals surface area contributed by atoms with Crippen LogP contribution >= 0.6 is 11.8 Å². The molecule has 5 nitrogen and oxygen atoms in total. The fourth-order valence-electron chi connectivity index (χ4n) is 4.18. The van der Waals surface area contributed by atoms with Crippen molar-refractivity contribution >= 4 is 28.3 Å². The van der Waals surface area contributed by atoms with Crippen LogP contribution in [0.1, 0.15) is 24.8 Å². The molecule has 0 radical (unpaired) electrons. The van der Waals surface area contributed by atoms with Gasteiger partial charge in [-0.15, -0.1) is 11.8 Å². The molecule has 148 valence electrons. The Morgan fingerprint density at radius 2 is 1.97 bits per heavy atom. The summed E-state index contributed by atoms with van der Waals surface area (Å²) in [6, 6.07) is 8.43. The van der Waals surface area contributed by atoms with E-state index in [9.17, 15) is 0 Å². The van der Waals surface area contributed by atoms with Crippen molar-refractivity contribution in [1.29, 1.82) is 0 Å². The van der Waals surface area contributed by atoms with Crippen molar-refractivity contribution in [3.63, 3.8) is 0 Å². The molecule has 0 unspecified atom stereocenters. The van der Waals surface area contributed by atoms with Gasteiger partial charge >= 0.3 is 0 Å². The Bertz CT molecular complexity index is 959. The van der Waals surface area contributed by atoms with E-state index >= 15 is 0 Å². The minimum atomic E-state index is 0.855. The molecule has 0 amide bonds. The summed E-state index contributed by atoms with van der Waals surface area (Å²) >= 11 is 1.83. The zero-order valence-electron chi connectivity index (χ0n) is 16.5. The van der Waals surface area contributed by atoms with Crippen molar-refractivity contribution in [1.82, 2.24) is 9.97 Å². The topological polar surface area (TPSA) is 44.6 Å². The van der Waals surface area contributed by atoms with Crippen LogP contribution in [0.2, 0.25) is 0 Å². The van der Waals surface area contributed by atoms with Gasteiger partial charge in [-0.2, -0.15) is 0 Å². The van der Waals surface area contributed by atoms with E-state index in [1.54, 1.807) is 6.20 Å². The van der Waals surface area contributed by atoms with Gasteiger partial charge < -0.3 is 9.80 Å². The average Bonchev–Trinajstić information content (AvgIpc) is 3.30. The molecule has 5 rings (SSSR count). The summed E-state index contributed by atoms with van der Waals surface area (Å²) in [6.45, 7) is 7.52. The van der Waals surface area contributed by atoms with Crippen molar-refractivity contribution < 1.29 is 0 Å². The maximum absolute atomic E-state index is 5.00. The zero-order chi connectivity index (χ0) is 19.6. The van der Waals surface area contributed by atoms with Gasteiger partial charge in [0.15, 0.2) is 0 Å². The molecular weight excluding hydrogens is 378 g/mol. The summed E-state index contributed by atoms with van der Waals surface area (Å²) in [5.41, 5.74) is 5.87. The first-order valence-corrected chi connectivity index (χ1v) is 11.3. The second-order valence-electron chi connectivity index (χ2n) is 7.67. The molecule has 5 heterocycles. The lowest BCUT2D eigenvalue weighted by molar-refractivity contribution is 0.808. The fraction of sp³-hybridized carbons (Fsp3) is 0.348. The van der Waals surface area contributed by atoms with Gasteiger partial charge in [0.05, 0.1) is 16.9 Å². The van der Waals surface area contributed by atoms with E-state index in [0.29, 0.717) is 0 Å². The Labute approximate surface area is 176 Å². The number of nitrogens with zero attached hydrogens (tertiary/aromatic N) is 5. The third kappa shape index (κ3) is 3.81. The number of aromatic nitrogens is 2. The van der Waals surface area contributed by atoms with E-state index in [1.165, 1.54) is 34.7 Å². The van der Waals surface area contributed by atoms with E-state index in [1.807, 2.05) is 30.2 Å². The highest BCUT2D eigenvalue weighted by Crippen LogP contribution is 2.36. The smallest absolute Gasteiger partial charge is 0.128 e. The predicted molar refractivity (Wildman–Crippen MR) is 122 cm³/mol. The van der Waals surface area contributed by atoms with Crippen molar-refractivity contribution in [2.45, 2.75) is 25.7 Å². The molecule has 1 fully saturated rings. The highest BCUT2D eigenvalue weighted by molar-refractivity contribution is 8.14. The maximum Gasteiger partial charge on any atom is 0.128 e. The fourth-order valence-corrected chi connectivity index (χ4v) is 5.27. The molecule has 0 spiro atoms. The third-order valence-corrected chi connectivity index (χ3v) is 6.79. The largest absolute Gasteiger partial charge is 0.357 e. The number of hydrogen-bond donors (Lipinski definition) is 0. The van der Waals surface area contributed by atoms with E-state index in [0.717, 1.165) is 55.4 Å². The Kier molecular flexibility index (Phi) is 5.10. The molecule has 3 aliphatic rings. The molecule has 6 heteroatoms. The maximum atomic E-state index is 5.00. The number of allylic oxidation sites excluding steroid dienone is 1. The SMILES string of the molecule is C=C1C2=C(CCN1c1cccnc1)N=C(Cc1ccc(N3CCCC3)nc1)SC2. The number of anilines is 2. The first kappa shape index (κ1) is 18.4. The molecule has 0 aliphatic carbocycles. The van der Waals surface area contributed by atoms with Gasteiger partial charge in [-0.1, -0.05) is 12.6 Å². The summed E-state index contributed by atoms with van der Waals surface area (Å²) in [4.78, 5) is 18.6. The number of pyridine rings is 2. The zero-order valence-corrected chi connectivity index (χ0v) is 17.4. The Balaban J connectivity index is 1.29. The number of rotatable bonds is 4. The van der Waals surface area contributed by atoms with Crippen LogP contribution in [-0.4, -0.2) is 40.4 Å². The number of thioether (sulfide) groups is 1. The quantitative estimate of drug-likeness (QED) is 0.755. The van der Waals surface area contributed by atoms with Crippen molar-refractivity contribution in [3.05, 3.63) is 72.0 Å². The van der Waals surface area contributed by atoms with Gasteiger partial charge in [-0.25, -0.2) is 4.98 Å². The summed E-state index contributed by atoms with van der Waals surface area (Å²) in [5.74, 6) is 2.04. The van der Waals surface area contributed by atoms with Crippen LogP contribution in [0.15, 0.2) is 71.4 Å². The molecule has 0 atom stereocenters. The minimum absolute atomic E-state index is 0.855. The lowest BCUT2D eigenvalue weighted by Gasteiger charge is -2.34. The molecule has 29 heavy (non-hydrogen) atoms. The second kappa shape index (κ2) is 8.03. The van der Waals surface area contributed by atoms with Crippen LogP contribution in [0.5, 0.6) is 0 Å². The predicted octanol–water partition coefficient (Wildman–Crippen LogP) is 4.44. The van der Waals surface area contributed by atoms with Crippen molar-refractivity contribution in [3.8, 4) is 0 Å². The van der Waals surface area contributed by atoms with Crippen LogP contribution < -0.4 is 9.80 Å². The van der Waals surface area contributed by atoms with E-state index < -0.39 is 0 Å². The molecular formula is C23H25N5S. The van der Waals surface area contributed by atoms with Crippen molar-refractivity contribution in [2.24, 2.45) is 4.99 Å². The monoisotopic (exact) mass is 403 g/mol. The van der Waals surface area contributed by atoms with Crippen LogP contribution in [0, 0.1) is 0 Å². The van der Waals surface area contributed by atoms with E-state index in [2.05, 4.69) is 44.5 Å². The summed E-state index contributed by atoms with van der Waals surface area (Å²) in [5, 5.41) is 1.18. The lowest BCUT2D eigenvalue weighted by Crippen LogP contribution is -2.31. The van der Waals surface area contributed by atoms with Gasteiger partial charge in [0.1, 0.15) is 5.82 Å². The molecule has 0 saturated carbocycles. The number of aliphatic imine (C=N–C) groups is 1. The van der Waals surface area contributed by atoms with Crippen LogP contribution in [-0.2, 0) is 6.42 Å². The first-order chi connectivity index (χ1) is 14.3. The van der Waals surface area contributed by atoms with E-state index in [4.69, 9.17) is 4.99 Å². The van der Waals surface area contributed by atoms with Crippen LogP contribution in [0.4, 0.5) is 11.5 Å². The Hall–Kier alpha value is -2.60. The summed E-state index contributed by atoms with van der Waals surface area (Å²) in [7, 11) is 0. The molecule has 3 aliphatic heterocycles. The second-order valence-corrected chi connectivity index (χ2v) is 8.72. The third-order valence-electron chi connectivity index (χ3n) is 5.79. The average molecular weight is 404 g/mol. The molecule has 0 N–H and O–H groups in total. The molecule has 0 aromatic carbocycles. The lowest BCUT2D eigenvalue weighted by atomic mass is 10.0. The van der Waals surface area contributed by atoms with Gasteiger partial charge in [-0.05, 0) is 36.6 Å². The summed E-state index contributed by atoms with van der Waals surface area (Å²) < 4.78 is 0. The molecule has 2 aromatic rings. The van der Waals surface area contributed by atoms with E-state index in [-0.39, 0.29) is 0 Å². The van der Waals surface area contributed by atoms with Gasteiger partial charge in [0.2, 0.25) is 0 Å².